The summed E-state index contributed by atoms with van der Waals surface area (Å²) in [5.74, 6) is -0.288. The van der Waals surface area contributed by atoms with Gasteiger partial charge in [0.2, 0.25) is 0 Å². The number of nitrogens with zero attached hydrogens (tertiary/aromatic N) is 3. The van der Waals surface area contributed by atoms with Gasteiger partial charge in [0, 0.05) is 5.92 Å². The van der Waals surface area contributed by atoms with Crippen LogP contribution in [-0.4, -0.2) is 32.7 Å². The highest BCUT2D eigenvalue weighted by molar-refractivity contribution is 5.87. The molecule has 1 heterocycles. The Morgan fingerprint density at radius 1 is 1.26 bits per heavy atom. The Bertz CT molecular complexity index is 663. The van der Waals surface area contributed by atoms with Gasteiger partial charge in [0.05, 0.1) is 12.3 Å². The molecule has 6 nitrogen and oxygen atoms in total. The second-order valence-electron chi connectivity index (χ2n) is 5.37. The molecule has 23 heavy (non-hydrogen) atoms. The zero-order chi connectivity index (χ0) is 16.8. The van der Waals surface area contributed by atoms with Gasteiger partial charge in [-0.25, -0.2) is 9.48 Å². The molecule has 124 valence electrons. The average molecular weight is 317 g/mol. The summed E-state index contributed by atoms with van der Waals surface area (Å²) in [5.41, 5.74) is 1.38. The van der Waals surface area contributed by atoms with Crippen LogP contribution >= 0.6 is 0 Å². The molecule has 1 aromatic carbocycles. The van der Waals surface area contributed by atoms with Crippen LogP contribution in [0.5, 0.6) is 5.75 Å². The Kier molecular flexibility index (Phi) is 5.73. The van der Waals surface area contributed by atoms with E-state index >= 15 is 0 Å². The standard InChI is InChI=1S/C17H23N3O3/c1-4-11-23-14-10-8-7-9-13(14)20-16(12(5-2)6-3)15(17(21)22)18-19-20/h7-10,12H,4-6,11H2,1-3H3,(H,21,22). The normalized spacial score (nSPS) is 11.0. The van der Waals surface area contributed by atoms with Crippen LogP contribution < -0.4 is 4.74 Å². The zero-order valence-electron chi connectivity index (χ0n) is 13.8. The lowest BCUT2D eigenvalue weighted by Gasteiger charge is -2.17. The number of benzene rings is 1. The first-order chi connectivity index (χ1) is 11.1. The van der Waals surface area contributed by atoms with Gasteiger partial charge in [-0.15, -0.1) is 5.10 Å². The Balaban J connectivity index is 2.58. The van der Waals surface area contributed by atoms with Gasteiger partial charge in [0.25, 0.3) is 0 Å². The third-order valence-corrected chi connectivity index (χ3v) is 3.83. The minimum atomic E-state index is -1.05. The fraction of sp³-hybridized carbons (Fsp3) is 0.471. The number of carboxylic acids is 1. The highest BCUT2D eigenvalue weighted by Crippen LogP contribution is 2.31. The van der Waals surface area contributed by atoms with E-state index in [1.807, 2.05) is 45.0 Å². The molecule has 0 aliphatic rings. The molecular weight excluding hydrogens is 294 g/mol. The van der Waals surface area contributed by atoms with Gasteiger partial charge < -0.3 is 9.84 Å². The molecule has 1 N–H and O–H groups in total. The van der Waals surface area contributed by atoms with Crippen molar-refractivity contribution in [1.82, 2.24) is 15.0 Å². The van der Waals surface area contributed by atoms with Crippen LogP contribution in [0, 0.1) is 0 Å². The Hall–Kier alpha value is -2.37. The maximum Gasteiger partial charge on any atom is 0.358 e. The van der Waals surface area contributed by atoms with Gasteiger partial charge in [0.15, 0.2) is 5.69 Å². The number of rotatable bonds is 8. The first-order valence-corrected chi connectivity index (χ1v) is 8.05. The molecule has 0 aliphatic heterocycles. The van der Waals surface area contributed by atoms with Gasteiger partial charge in [-0.3, -0.25) is 0 Å². The SMILES string of the molecule is CCCOc1ccccc1-n1nnc(C(=O)O)c1C(CC)CC. The first-order valence-electron chi connectivity index (χ1n) is 8.05. The maximum absolute atomic E-state index is 11.5. The van der Waals surface area contributed by atoms with E-state index in [1.165, 1.54) is 0 Å². The minimum absolute atomic E-state index is 0.0176. The van der Waals surface area contributed by atoms with E-state index < -0.39 is 5.97 Å². The summed E-state index contributed by atoms with van der Waals surface area (Å²) in [6.45, 7) is 6.71. The molecule has 6 heteroatoms. The van der Waals surface area contributed by atoms with Crippen LogP contribution in [0.2, 0.25) is 0 Å². The highest BCUT2D eigenvalue weighted by Gasteiger charge is 2.26. The molecule has 1 aromatic heterocycles. The summed E-state index contributed by atoms with van der Waals surface area (Å²) < 4.78 is 7.39. The topological polar surface area (TPSA) is 77.2 Å². The van der Waals surface area contributed by atoms with E-state index in [9.17, 15) is 9.90 Å². The van der Waals surface area contributed by atoms with Crippen molar-refractivity contribution < 1.29 is 14.6 Å². The average Bonchev–Trinajstić information content (AvgIpc) is 2.99. The van der Waals surface area contributed by atoms with Gasteiger partial charge in [-0.05, 0) is 31.4 Å². The lowest BCUT2D eigenvalue weighted by Crippen LogP contribution is -2.12. The molecule has 0 spiro atoms. The molecular formula is C17H23N3O3. The fourth-order valence-electron chi connectivity index (χ4n) is 2.63. The molecule has 0 saturated heterocycles. The van der Waals surface area contributed by atoms with Crippen molar-refractivity contribution in [3.05, 3.63) is 35.7 Å². The molecule has 0 unspecified atom stereocenters. The van der Waals surface area contributed by atoms with Crippen LogP contribution in [-0.2, 0) is 0 Å². The van der Waals surface area contributed by atoms with E-state index in [4.69, 9.17) is 4.74 Å². The van der Waals surface area contributed by atoms with Gasteiger partial charge in [-0.1, -0.05) is 38.1 Å². The Morgan fingerprint density at radius 2 is 1.96 bits per heavy atom. The number of hydrogen-bond donors (Lipinski definition) is 1. The predicted octanol–water partition coefficient (Wildman–Crippen LogP) is 3.66. The number of aromatic carboxylic acids is 1. The number of carbonyl (C=O) groups is 1. The molecule has 2 rings (SSSR count). The maximum atomic E-state index is 11.5. The molecule has 0 atom stereocenters. The van der Waals surface area contributed by atoms with Crippen LogP contribution in [0.15, 0.2) is 24.3 Å². The van der Waals surface area contributed by atoms with Gasteiger partial charge in [0.1, 0.15) is 11.4 Å². The molecule has 0 fully saturated rings. The molecule has 0 aliphatic carbocycles. The van der Waals surface area contributed by atoms with Crippen molar-refractivity contribution in [2.75, 3.05) is 6.61 Å². The van der Waals surface area contributed by atoms with Crippen molar-refractivity contribution in [3.8, 4) is 11.4 Å². The lowest BCUT2D eigenvalue weighted by molar-refractivity contribution is 0.0688. The number of aromatic nitrogens is 3. The molecule has 0 amide bonds. The third kappa shape index (κ3) is 3.52. The fourth-order valence-corrected chi connectivity index (χ4v) is 2.63. The molecule has 0 radical (unpaired) electrons. The van der Waals surface area contributed by atoms with Crippen LogP contribution in [0.3, 0.4) is 0 Å². The van der Waals surface area contributed by atoms with Crippen molar-refractivity contribution >= 4 is 5.97 Å². The number of para-hydroxylation sites is 2. The summed E-state index contributed by atoms with van der Waals surface area (Å²) in [5, 5.41) is 17.4. The van der Waals surface area contributed by atoms with Crippen LogP contribution in [0.25, 0.3) is 5.69 Å². The van der Waals surface area contributed by atoms with Crippen molar-refractivity contribution in [2.45, 2.75) is 46.0 Å². The summed E-state index contributed by atoms with van der Waals surface area (Å²) in [4.78, 5) is 11.5. The second-order valence-corrected chi connectivity index (χ2v) is 5.37. The van der Waals surface area contributed by atoms with Crippen molar-refractivity contribution in [2.24, 2.45) is 0 Å². The van der Waals surface area contributed by atoms with E-state index in [-0.39, 0.29) is 11.6 Å². The Morgan fingerprint density at radius 3 is 2.57 bits per heavy atom. The smallest absolute Gasteiger partial charge is 0.358 e. The van der Waals surface area contributed by atoms with E-state index in [2.05, 4.69) is 10.3 Å². The molecule has 0 bridgehead atoms. The van der Waals surface area contributed by atoms with Crippen molar-refractivity contribution in [3.63, 3.8) is 0 Å². The predicted molar refractivity (Wildman–Crippen MR) is 87.4 cm³/mol. The highest BCUT2D eigenvalue weighted by atomic mass is 16.5. The van der Waals surface area contributed by atoms with E-state index in [0.29, 0.717) is 18.1 Å². The summed E-state index contributed by atoms with van der Waals surface area (Å²) >= 11 is 0. The number of hydrogen-bond acceptors (Lipinski definition) is 4. The quantitative estimate of drug-likeness (QED) is 0.804. The summed E-state index contributed by atoms with van der Waals surface area (Å²) in [6, 6.07) is 7.51. The summed E-state index contributed by atoms with van der Waals surface area (Å²) in [6.07, 6.45) is 2.54. The monoisotopic (exact) mass is 317 g/mol. The minimum Gasteiger partial charge on any atom is -0.491 e. The second kappa shape index (κ2) is 7.76. The molecule has 0 saturated carbocycles. The summed E-state index contributed by atoms with van der Waals surface area (Å²) in [7, 11) is 0. The van der Waals surface area contributed by atoms with E-state index in [1.54, 1.807) is 4.68 Å². The Labute approximate surface area is 136 Å². The van der Waals surface area contributed by atoms with Crippen molar-refractivity contribution in [1.29, 1.82) is 0 Å². The van der Waals surface area contributed by atoms with Gasteiger partial charge in [-0.2, -0.15) is 0 Å². The van der Waals surface area contributed by atoms with Crippen LogP contribution in [0.4, 0.5) is 0 Å². The number of ether oxygens (including phenoxy) is 1. The first kappa shape index (κ1) is 17.0. The third-order valence-electron chi connectivity index (χ3n) is 3.83. The zero-order valence-corrected chi connectivity index (χ0v) is 13.8. The lowest BCUT2D eigenvalue weighted by atomic mass is 9.97. The largest absolute Gasteiger partial charge is 0.491 e. The van der Waals surface area contributed by atoms with Crippen LogP contribution in [0.1, 0.15) is 62.1 Å². The number of carboxylic acid groups (broad SMARTS) is 1. The van der Waals surface area contributed by atoms with Gasteiger partial charge >= 0.3 is 5.97 Å². The molecule has 2 aromatic rings. The van der Waals surface area contributed by atoms with E-state index in [0.717, 1.165) is 24.9 Å².